The second-order valence-corrected chi connectivity index (χ2v) is 8.94. The molecule has 0 radical (unpaired) electrons. The Kier molecular flexibility index (Phi) is 5.07. The molecule has 0 saturated carbocycles. The summed E-state index contributed by atoms with van der Waals surface area (Å²) < 4.78 is 27.2. The van der Waals surface area contributed by atoms with Crippen molar-refractivity contribution in [2.75, 3.05) is 22.4 Å². The van der Waals surface area contributed by atoms with Gasteiger partial charge >= 0.3 is 4.87 Å². The minimum atomic E-state index is -3.37. The number of aromatic nitrogens is 1. The Labute approximate surface area is 160 Å². The van der Waals surface area contributed by atoms with Crippen LogP contribution in [0.4, 0.5) is 11.4 Å². The van der Waals surface area contributed by atoms with Crippen molar-refractivity contribution >= 4 is 48.9 Å². The van der Waals surface area contributed by atoms with Gasteiger partial charge in [0.2, 0.25) is 10.0 Å². The zero-order chi connectivity index (χ0) is 19.8. The van der Waals surface area contributed by atoms with Crippen molar-refractivity contribution in [3.05, 3.63) is 57.7 Å². The summed E-state index contributed by atoms with van der Waals surface area (Å²) in [5.41, 5.74) is 2.31. The Morgan fingerprint density at radius 2 is 1.85 bits per heavy atom. The number of amides is 1. The van der Waals surface area contributed by atoms with E-state index >= 15 is 0 Å². The summed E-state index contributed by atoms with van der Waals surface area (Å²) in [5.74, 6) is -0.313. The van der Waals surface area contributed by atoms with Crippen molar-refractivity contribution in [1.29, 1.82) is 0 Å². The second-order valence-electron chi connectivity index (χ2n) is 6.04. The highest BCUT2D eigenvalue weighted by molar-refractivity contribution is 7.92. The molecule has 0 aliphatic heterocycles. The van der Waals surface area contributed by atoms with Gasteiger partial charge in [-0.25, -0.2) is 8.42 Å². The van der Waals surface area contributed by atoms with E-state index in [1.165, 1.54) is 4.31 Å². The van der Waals surface area contributed by atoms with Crippen LogP contribution in [0.3, 0.4) is 0 Å². The summed E-state index contributed by atoms with van der Waals surface area (Å²) in [6.45, 7) is 2.06. The smallest absolute Gasteiger partial charge is 0.307 e. The third-order valence-corrected chi connectivity index (χ3v) is 6.42. The standard InChI is InChI=1S/C18H19N3O4S2/c1-4-21(27(3,24)25)14-8-5-12(6-9-14)17(22)19-13-7-10-15-16(11-13)26-18(23)20(15)2/h5-11H,4H2,1-3H3,(H,19,22). The van der Waals surface area contributed by atoms with Gasteiger partial charge in [-0.2, -0.15) is 0 Å². The maximum Gasteiger partial charge on any atom is 0.307 e. The maximum atomic E-state index is 12.5. The fourth-order valence-electron chi connectivity index (χ4n) is 2.80. The zero-order valence-corrected chi connectivity index (χ0v) is 16.7. The molecular formula is C18H19N3O4S2. The van der Waals surface area contributed by atoms with E-state index < -0.39 is 10.0 Å². The number of fused-ring (bicyclic) bond motifs is 1. The molecule has 1 N–H and O–H groups in total. The molecule has 7 nitrogen and oxygen atoms in total. The molecule has 0 aliphatic rings. The SMILES string of the molecule is CCN(c1ccc(C(=O)Nc2ccc3c(c2)sc(=O)n3C)cc1)S(C)(=O)=O. The third kappa shape index (κ3) is 3.88. The molecule has 9 heteroatoms. The van der Waals surface area contributed by atoms with E-state index in [0.717, 1.165) is 27.8 Å². The number of hydrogen-bond donors (Lipinski definition) is 1. The summed E-state index contributed by atoms with van der Waals surface area (Å²) in [6.07, 6.45) is 1.14. The van der Waals surface area contributed by atoms with Crippen molar-refractivity contribution in [1.82, 2.24) is 4.57 Å². The first-order valence-electron chi connectivity index (χ1n) is 8.19. The Balaban J connectivity index is 1.81. The molecule has 3 rings (SSSR count). The minimum absolute atomic E-state index is 0.0598. The number of rotatable bonds is 5. The minimum Gasteiger partial charge on any atom is -0.322 e. The number of anilines is 2. The lowest BCUT2D eigenvalue weighted by atomic mass is 10.2. The lowest BCUT2D eigenvalue weighted by molar-refractivity contribution is 0.102. The summed E-state index contributed by atoms with van der Waals surface area (Å²) in [4.78, 5) is 24.1. The monoisotopic (exact) mass is 405 g/mol. The number of nitrogens with one attached hydrogen (secondary N) is 1. The van der Waals surface area contributed by atoms with Crippen molar-refractivity contribution in [2.24, 2.45) is 7.05 Å². The molecule has 0 bridgehead atoms. The molecule has 2 aromatic carbocycles. The van der Waals surface area contributed by atoms with E-state index in [0.29, 0.717) is 23.5 Å². The molecule has 1 amide bonds. The Hall–Kier alpha value is -2.65. The normalized spacial score (nSPS) is 11.5. The molecule has 0 atom stereocenters. The number of benzene rings is 2. The van der Waals surface area contributed by atoms with Crippen LogP contribution in [-0.4, -0.2) is 31.7 Å². The van der Waals surface area contributed by atoms with Gasteiger partial charge in [0.1, 0.15) is 0 Å². The predicted octanol–water partition coefficient (Wildman–Crippen LogP) is 2.64. The van der Waals surface area contributed by atoms with Crippen molar-refractivity contribution < 1.29 is 13.2 Å². The Bertz CT molecular complexity index is 1160. The van der Waals surface area contributed by atoms with E-state index in [1.54, 1.807) is 61.0 Å². The Morgan fingerprint density at radius 3 is 2.44 bits per heavy atom. The van der Waals surface area contributed by atoms with Crippen LogP contribution in [0, 0.1) is 0 Å². The number of carbonyl (C=O) groups excluding carboxylic acids is 1. The van der Waals surface area contributed by atoms with Crippen LogP contribution in [-0.2, 0) is 17.1 Å². The van der Waals surface area contributed by atoms with Crippen LogP contribution in [0.5, 0.6) is 0 Å². The first kappa shape index (κ1) is 19.1. The summed E-state index contributed by atoms with van der Waals surface area (Å²) >= 11 is 1.12. The summed E-state index contributed by atoms with van der Waals surface area (Å²) in [7, 11) is -1.66. The number of aryl methyl sites for hydroxylation is 1. The molecule has 0 unspecified atom stereocenters. The highest BCUT2D eigenvalue weighted by Gasteiger charge is 2.16. The van der Waals surface area contributed by atoms with Gasteiger partial charge in [-0.15, -0.1) is 0 Å². The van der Waals surface area contributed by atoms with Crippen LogP contribution >= 0.6 is 11.3 Å². The van der Waals surface area contributed by atoms with Gasteiger partial charge in [-0.3, -0.25) is 13.9 Å². The quantitative estimate of drug-likeness (QED) is 0.707. The van der Waals surface area contributed by atoms with Gasteiger partial charge in [-0.05, 0) is 49.4 Å². The average molecular weight is 406 g/mol. The number of carbonyl (C=O) groups is 1. The number of sulfonamides is 1. The van der Waals surface area contributed by atoms with Crippen LogP contribution < -0.4 is 14.5 Å². The van der Waals surface area contributed by atoms with Gasteiger partial charge < -0.3 is 9.88 Å². The van der Waals surface area contributed by atoms with E-state index in [4.69, 9.17) is 0 Å². The molecule has 0 fully saturated rings. The molecule has 1 heterocycles. The molecule has 3 aromatic rings. The van der Waals surface area contributed by atoms with E-state index in [9.17, 15) is 18.0 Å². The largest absolute Gasteiger partial charge is 0.322 e. The highest BCUT2D eigenvalue weighted by atomic mass is 32.2. The first-order valence-corrected chi connectivity index (χ1v) is 10.9. The number of hydrogen-bond acceptors (Lipinski definition) is 5. The molecule has 0 saturated heterocycles. The number of nitrogens with zero attached hydrogens (tertiary/aromatic N) is 2. The van der Waals surface area contributed by atoms with Crippen LogP contribution in [0.1, 0.15) is 17.3 Å². The van der Waals surface area contributed by atoms with E-state index in [1.807, 2.05) is 0 Å². The van der Waals surface area contributed by atoms with E-state index in [-0.39, 0.29) is 10.8 Å². The first-order chi connectivity index (χ1) is 12.7. The van der Waals surface area contributed by atoms with Gasteiger partial charge in [-0.1, -0.05) is 11.3 Å². The van der Waals surface area contributed by atoms with Crippen LogP contribution in [0.25, 0.3) is 10.2 Å². The molecule has 27 heavy (non-hydrogen) atoms. The molecule has 142 valence electrons. The zero-order valence-electron chi connectivity index (χ0n) is 15.1. The van der Waals surface area contributed by atoms with Crippen molar-refractivity contribution in [3.63, 3.8) is 0 Å². The fraction of sp³-hybridized carbons (Fsp3) is 0.222. The summed E-state index contributed by atoms with van der Waals surface area (Å²) in [5, 5.41) is 2.80. The van der Waals surface area contributed by atoms with Crippen molar-refractivity contribution in [3.8, 4) is 0 Å². The molecule has 1 aromatic heterocycles. The predicted molar refractivity (Wildman–Crippen MR) is 109 cm³/mol. The van der Waals surface area contributed by atoms with Crippen LogP contribution in [0.15, 0.2) is 47.3 Å². The molecular weight excluding hydrogens is 386 g/mol. The van der Waals surface area contributed by atoms with Gasteiger partial charge in [0.25, 0.3) is 5.91 Å². The lowest BCUT2D eigenvalue weighted by Crippen LogP contribution is -2.29. The lowest BCUT2D eigenvalue weighted by Gasteiger charge is -2.20. The molecule has 0 aliphatic carbocycles. The van der Waals surface area contributed by atoms with Gasteiger partial charge in [0, 0.05) is 24.8 Å². The summed E-state index contributed by atoms with van der Waals surface area (Å²) in [6, 6.07) is 11.7. The van der Waals surface area contributed by atoms with Gasteiger partial charge in [0.05, 0.1) is 22.2 Å². The average Bonchev–Trinajstić information content (AvgIpc) is 2.88. The van der Waals surface area contributed by atoms with Gasteiger partial charge in [0.15, 0.2) is 0 Å². The third-order valence-electron chi connectivity index (χ3n) is 4.16. The highest BCUT2D eigenvalue weighted by Crippen LogP contribution is 2.22. The number of thiazole rings is 1. The topological polar surface area (TPSA) is 88.5 Å². The molecule has 0 spiro atoms. The van der Waals surface area contributed by atoms with E-state index in [2.05, 4.69) is 5.32 Å². The van der Waals surface area contributed by atoms with Crippen LogP contribution in [0.2, 0.25) is 0 Å². The van der Waals surface area contributed by atoms with Crippen molar-refractivity contribution in [2.45, 2.75) is 6.92 Å². The fourth-order valence-corrected chi connectivity index (χ4v) is 4.70. The maximum absolute atomic E-state index is 12.5. The Morgan fingerprint density at radius 1 is 1.19 bits per heavy atom. The second kappa shape index (κ2) is 7.16.